The van der Waals surface area contributed by atoms with E-state index in [1.165, 1.54) is 14.2 Å². The molecular formula is C20H37NO8. The van der Waals surface area contributed by atoms with Crippen LogP contribution in [0.5, 0.6) is 0 Å². The molecule has 1 heterocycles. The molecule has 4 N–H and O–H groups in total. The third-order valence-electron chi connectivity index (χ3n) is 5.14. The minimum Gasteiger partial charge on any atom is -0.469 e. The molecule has 0 spiro atoms. The maximum atomic E-state index is 12.2. The summed E-state index contributed by atoms with van der Waals surface area (Å²) in [6.45, 7) is 0.454. The number of hydrogen-bond acceptors (Lipinski definition) is 8. The smallest absolute Gasteiger partial charge is 0.305 e. The summed E-state index contributed by atoms with van der Waals surface area (Å²) in [5, 5.41) is 32.1. The third-order valence-corrected chi connectivity index (χ3v) is 5.14. The molecule has 0 bridgehead atoms. The van der Waals surface area contributed by atoms with Gasteiger partial charge >= 0.3 is 5.97 Å². The minimum atomic E-state index is -1.51. The number of carbonyl (C=O) groups excluding carboxylic acids is 2. The highest BCUT2D eigenvalue weighted by atomic mass is 16.7. The van der Waals surface area contributed by atoms with Crippen molar-refractivity contribution in [3.63, 3.8) is 0 Å². The van der Waals surface area contributed by atoms with E-state index in [0.717, 1.165) is 57.8 Å². The first-order valence-corrected chi connectivity index (χ1v) is 10.5. The molecule has 1 rings (SSSR count). The molecule has 9 heteroatoms. The highest BCUT2D eigenvalue weighted by Gasteiger charge is 2.46. The van der Waals surface area contributed by atoms with Crippen molar-refractivity contribution in [1.82, 2.24) is 5.32 Å². The van der Waals surface area contributed by atoms with Crippen LogP contribution in [0, 0.1) is 0 Å². The fourth-order valence-corrected chi connectivity index (χ4v) is 3.31. The van der Waals surface area contributed by atoms with E-state index >= 15 is 0 Å². The highest BCUT2D eigenvalue weighted by Crippen LogP contribution is 2.21. The van der Waals surface area contributed by atoms with Gasteiger partial charge in [-0.3, -0.25) is 9.59 Å². The SMILES string of the molecule is COC(=O)CCCCCCCCCCCNC(=O)[C@H]1O[C@@H](OC)[C@H](O)[C@@H](O)[C@@H]1O. The van der Waals surface area contributed by atoms with Crippen LogP contribution in [0.15, 0.2) is 0 Å². The predicted octanol–water partition coefficient (Wildman–Crippen LogP) is 0.631. The lowest BCUT2D eigenvalue weighted by Crippen LogP contribution is -2.61. The Morgan fingerprint density at radius 1 is 0.828 bits per heavy atom. The van der Waals surface area contributed by atoms with Crippen molar-refractivity contribution >= 4 is 11.9 Å². The van der Waals surface area contributed by atoms with Gasteiger partial charge in [-0.05, 0) is 12.8 Å². The second-order valence-electron chi connectivity index (χ2n) is 7.43. The second-order valence-corrected chi connectivity index (χ2v) is 7.43. The van der Waals surface area contributed by atoms with Gasteiger partial charge in [-0.1, -0.05) is 44.9 Å². The van der Waals surface area contributed by atoms with Crippen molar-refractivity contribution in [2.24, 2.45) is 0 Å². The Bertz CT molecular complexity index is 473. The lowest BCUT2D eigenvalue weighted by molar-refractivity contribution is -0.283. The summed E-state index contributed by atoms with van der Waals surface area (Å²) in [6, 6.07) is 0. The maximum absolute atomic E-state index is 12.2. The molecule has 5 atom stereocenters. The molecule has 1 fully saturated rings. The van der Waals surface area contributed by atoms with Crippen molar-refractivity contribution in [2.75, 3.05) is 20.8 Å². The molecule has 0 aromatic carbocycles. The van der Waals surface area contributed by atoms with Gasteiger partial charge in [-0.25, -0.2) is 0 Å². The molecule has 0 aliphatic carbocycles. The maximum Gasteiger partial charge on any atom is 0.305 e. The number of hydrogen-bond donors (Lipinski definition) is 4. The molecule has 1 amide bonds. The molecule has 170 valence electrons. The van der Waals surface area contributed by atoms with Crippen LogP contribution in [0.4, 0.5) is 0 Å². The lowest BCUT2D eigenvalue weighted by Gasteiger charge is -2.38. The molecule has 0 saturated carbocycles. The van der Waals surface area contributed by atoms with Crippen LogP contribution in [-0.2, 0) is 23.8 Å². The first-order chi connectivity index (χ1) is 13.9. The Balaban J connectivity index is 2.03. The summed E-state index contributed by atoms with van der Waals surface area (Å²) in [5.74, 6) is -0.675. The Morgan fingerprint density at radius 3 is 1.93 bits per heavy atom. The largest absolute Gasteiger partial charge is 0.469 e. The standard InChI is InChI=1S/C20H37NO8/c1-27-14(22)12-10-8-6-4-3-5-7-9-11-13-21-19(26)18-16(24)15(23)17(25)20(28-2)29-18/h15-18,20,23-25H,3-13H2,1-2H3,(H,21,26)/t15-,16-,17+,18-,20+/m0/s1. The average Bonchev–Trinajstić information content (AvgIpc) is 2.72. The molecule has 0 aromatic heterocycles. The van der Waals surface area contributed by atoms with Crippen LogP contribution < -0.4 is 5.32 Å². The zero-order valence-corrected chi connectivity index (χ0v) is 17.5. The summed E-state index contributed by atoms with van der Waals surface area (Å²) in [5.41, 5.74) is 0. The van der Waals surface area contributed by atoms with E-state index < -0.39 is 36.6 Å². The fourth-order valence-electron chi connectivity index (χ4n) is 3.31. The van der Waals surface area contributed by atoms with Gasteiger partial charge < -0.3 is 34.8 Å². The summed E-state index contributed by atoms with van der Waals surface area (Å²) < 4.78 is 14.7. The van der Waals surface area contributed by atoms with E-state index in [9.17, 15) is 24.9 Å². The van der Waals surface area contributed by atoms with Crippen molar-refractivity contribution < 1.29 is 39.1 Å². The molecule has 0 unspecified atom stereocenters. The predicted molar refractivity (Wildman–Crippen MR) is 105 cm³/mol. The van der Waals surface area contributed by atoms with Crippen LogP contribution in [0.3, 0.4) is 0 Å². The molecule has 1 saturated heterocycles. The van der Waals surface area contributed by atoms with Gasteiger partial charge in [0.1, 0.15) is 18.3 Å². The number of esters is 1. The lowest BCUT2D eigenvalue weighted by atomic mass is 9.98. The van der Waals surface area contributed by atoms with E-state index in [0.29, 0.717) is 13.0 Å². The van der Waals surface area contributed by atoms with Crippen molar-refractivity contribution in [1.29, 1.82) is 0 Å². The van der Waals surface area contributed by atoms with E-state index in [1.807, 2.05) is 0 Å². The van der Waals surface area contributed by atoms with Crippen LogP contribution in [0.2, 0.25) is 0 Å². The number of nitrogens with one attached hydrogen (secondary N) is 1. The molecule has 29 heavy (non-hydrogen) atoms. The van der Waals surface area contributed by atoms with Gasteiger partial charge in [0.25, 0.3) is 5.91 Å². The number of rotatable bonds is 14. The summed E-state index contributed by atoms with van der Waals surface area (Å²) in [7, 11) is 2.70. The average molecular weight is 420 g/mol. The first kappa shape index (κ1) is 25.8. The van der Waals surface area contributed by atoms with Gasteiger partial charge in [0, 0.05) is 20.1 Å². The molecule has 0 radical (unpaired) electrons. The van der Waals surface area contributed by atoms with E-state index in [2.05, 4.69) is 10.1 Å². The Labute approximate surface area is 172 Å². The van der Waals surface area contributed by atoms with Crippen molar-refractivity contribution in [2.45, 2.75) is 94.9 Å². The third kappa shape index (κ3) is 9.39. The van der Waals surface area contributed by atoms with E-state index in [4.69, 9.17) is 9.47 Å². The van der Waals surface area contributed by atoms with Gasteiger partial charge in [-0.2, -0.15) is 0 Å². The molecule has 0 aromatic rings. The number of aliphatic hydroxyl groups excluding tert-OH is 3. The van der Waals surface area contributed by atoms with Crippen LogP contribution in [0.25, 0.3) is 0 Å². The quantitative estimate of drug-likeness (QED) is 0.238. The van der Waals surface area contributed by atoms with Gasteiger partial charge in [0.2, 0.25) is 0 Å². The van der Waals surface area contributed by atoms with E-state index in [1.54, 1.807) is 0 Å². The number of amides is 1. The first-order valence-electron chi connectivity index (χ1n) is 10.5. The topological polar surface area (TPSA) is 135 Å². The van der Waals surface area contributed by atoms with Crippen LogP contribution >= 0.6 is 0 Å². The van der Waals surface area contributed by atoms with Crippen LogP contribution in [0.1, 0.15) is 64.2 Å². The highest BCUT2D eigenvalue weighted by molar-refractivity contribution is 5.81. The van der Waals surface area contributed by atoms with Crippen molar-refractivity contribution in [3.8, 4) is 0 Å². The number of methoxy groups -OCH3 is 2. The van der Waals surface area contributed by atoms with E-state index in [-0.39, 0.29) is 5.97 Å². The zero-order chi connectivity index (χ0) is 21.6. The minimum absolute atomic E-state index is 0.145. The molecular weight excluding hydrogens is 382 g/mol. The Morgan fingerprint density at radius 2 is 1.38 bits per heavy atom. The second kappa shape index (κ2) is 14.7. The normalized spacial score (nSPS) is 26.9. The summed E-state index contributed by atoms with van der Waals surface area (Å²) in [4.78, 5) is 23.2. The monoisotopic (exact) mass is 419 g/mol. The van der Waals surface area contributed by atoms with Gasteiger partial charge in [-0.15, -0.1) is 0 Å². The van der Waals surface area contributed by atoms with Crippen molar-refractivity contribution in [3.05, 3.63) is 0 Å². The molecule has 9 nitrogen and oxygen atoms in total. The fraction of sp³-hybridized carbons (Fsp3) is 0.900. The molecule has 1 aliphatic heterocycles. The Hall–Kier alpha value is -1.26. The zero-order valence-electron chi connectivity index (χ0n) is 17.5. The van der Waals surface area contributed by atoms with Gasteiger partial charge in [0.05, 0.1) is 7.11 Å². The summed E-state index contributed by atoms with van der Waals surface area (Å²) in [6.07, 6.45) is 3.00. The van der Waals surface area contributed by atoms with Crippen LogP contribution in [-0.4, -0.2) is 78.7 Å². The summed E-state index contributed by atoms with van der Waals surface area (Å²) >= 11 is 0. The Kier molecular flexibility index (Phi) is 13.0. The number of carbonyl (C=O) groups is 2. The molecule has 1 aliphatic rings. The van der Waals surface area contributed by atoms with Gasteiger partial charge in [0.15, 0.2) is 12.4 Å². The number of aliphatic hydroxyl groups is 3. The number of ether oxygens (including phenoxy) is 3. The number of unbranched alkanes of at least 4 members (excludes halogenated alkanes) is 8.